The van der Waals surface area contributed by atoms with Crippen LogP contribution in [0.4, 0.5) is 4.39 Å². The Balaban J connectivity index is 2.11. The molecule has 126 valence electrons. The van der Waals surface area contributed by atoms with E-state index in [9.17, 15) is 14.0 Å². The van der Waals surface area contributed by atoms with Crippen molar-refractivity contribution in [3.8, 4) is 0 Å². The molecule has 0 unspecified atom stereocenters. The van der Waals surface area contributed by atoms with Gasteiger partial charge in [0, 0.05) is 18.2 Å². The van der Waals surface area contributed by atoms with E-state index in [0.717, 1.165) is 25.7 Å². The van der Waals surface area contributed by atoms with Gasteiger partial charge in [0.05, 0.1) is 13.0 Å². The van der Waals surface area contributed by atoms with Gasteiger partial charge >= 0.3 is 5.97 Å². The van der Waals surface area contributed by atoms with Gasteiger partial charge in [-0.3, -0.25) is 9.59 Å². The Hall–Kier alpha value is -1.91. The smallest absolute Gasteiger partial charge is 0.307 e. The number of rotatable bonds is 6. The highest BCUT2D eigenvalue weighted by atomic mass is 19.1. The van der Waals surface area contributed by atoms with E-state index in [4.69, 9.17) is 4.74 Å². The number of carbonyl (C=O) groups is 2. The molecule has 0 bridgehead atoms. The first-order valence-electron chi connectivity index (χ1n) is 8.34. The molecule has 0 aliphatic heterocycles. The standard InChI is InChI=1S/C18H24FNO3/c1-2-23-17(21)11-12-20(16-9-4-3-5-10-16)18(22)14-7-6-8-15(19)13-14/h6-8,13,16H,2-5,9-12H2,1H3. The van der Waals surface area contributed by atoms with Crippen LogP contribution < -0.4 is 0 Å². The fourth-order valence-electron chi connectivity index (χ4n) is 3.07. The molecule has 1 amide bonds. The Morgan fingerprint density at radius 3 is 2.65 bits per heavy atom. The normalized spacial score (nSPS) is 15.2. The number of amides is 1. The number of nitrogens with zero attached hydrogens (tertiary/aromatic N) is 1. The van der Waals surface area contributed by atoms with Crippen LogP contribution in [0.1, 0.15) is 55.8 Å². The lowest BCUT2D eigenvalue weighted by molar-refractivity contribution is -0.143. The van der Waals surface area contributed by atoms with Crippen molar-refractivity contribution < 1.29 is 18.7 Å². The van der Waals surface area contributed by atoms with Crippen LogP contribution in [0.25, 0.3) is 0 Å². The second kappa shape index (κ2) is 8.65. The minimum absolute atomic E-state index is 0.119. The monoisotopic (exact) mass is 321 g/mol. The Labute approximate surface area is 136 Å². The van der Waals surface area contributed by atoms with Gasteiger partial charge in [-0.1, -0.05) is 25.3 Å². The third kappa shape index (κ3) is 5.05. The topological polar surface area (TPSA) is 46.6 Å². The molecule has 0 heterocycles. The second-order valence-electron chi connectivity index (χ2n) is 5.86. The summed E-state index contributed by atoms with van der Waals surface area (Å²) in [4.78, 5) is 26.1. The fourth-order valence-corrected chi connectivity index (χ4v) is 3.07. The highest BCUT2D eigenvalue weighted by Gasteiger charge is 2.27. The summed E-state index contributed by atoms with van der Waals surface area (Å²) in [5, 5.41) is 0. The van der Waals surface area contributed by atoms with Crippen molar-refractivity contribution in [2.45, 2.75) is 51.5 Å². The Morgan fingerprint density at radius 2 is 2.00 bits per heavy atom. The number of halogens is 1. The molecule has 0 atom stereocenters. The predicted molar refractivity (Wildman–Crippen MR) is 85.6 cm³/mol. The number of hydrogen-bond acceptors (Lipinski definition) is 3. The Kier molecular flexibility index (Phi) is 6.56. The molecule has 0 saturated heterocycles. The van der Waals surface area contributed by atoms with Gasteiger partial charge in [-0.2, -0.15) is 0 Å². The average molecular weight is 321 g/mol. The van der Waals surface area contributed by atoms with Gasteiger partial charge < -0.3 is 9.64 Å². The lowest BCUT2D eigenvalue weighted by Crippen LogP contribution is -2.42. The number of esters is 1. The zero-order valence-electron chi connectivity index (χ0n) is 13.6. The van der Waals surface area contributed by atoms with E-state index in [-0.39, 0.29) is 24.3 Å². The first-order chi connectivity index (χ1) is 11.1. The second-order valence-corrected chi connectivity index (χ2v) is 5.86. The molecule has 2 rings (SSSR count). The molecule has 5 heteroatoms. The Bertz CT molecular complexity index is 541. The molecule has 0 aromatic heterocycles. The summed E-state index contributed by atoms with van der Waals surface area (Å²) in [6.07, 6.45) is 5.38. The SMILES string of the molecule is CCOC(=O)CCN(C(=O)c1cccc(F)c1)C1CCCCC1. The van der Waals surface area contributed by atoms with Gasteiger partial charge in [0.2, 0.25) is 0 Å². The summed E-state index contributed by atoms with van der Waals surface area (Å²) < 4.78 is 18.4. The highest BCUT2D eigenvalue weighted by Crippen LogP contribution is 2.24. The van der Waals surface area contributed by atoms with Crippen molar-refractivity contribution in [3.63, 3.8) is 0 Å². The first kappa shape index (κ1) is 17.4. The summed E-state index contributed by atoms with van der Waals surface area (Å²) in [5.74, 6) is -0.939. The molecule has 23 heavy (non-hydrogen) atoms. The van der Waals surface area contributed by atoms with Gasteiger partial charge in [0.1, 0.15) is 5.82 Å². The summed E-state index contributed by atoms with van der Waals surface area (Å²) >= 11 is 0. The molecule has 0 N–H and O–H groups in total. The third-order valence-electron chi connectivity index (χ3n) is 4.21. The van der Waals surface area contributed by atoms with E-state index in [1.54, 1.807) is 17.9 Å². The van der Waals surface area contributed by atoms with Crippen molar-refractivity contribution >= 4 is 11.9 Å². The van der Waals surface area contributed by atoms with Crippen LogP contribution in [0.15, 0.2) is 24.3 Å². The summed E-state index contributed by atoms with van der Waals surface area (Å²) in [6.45, 7) is 2.41. The molecule has 0 radical (unpaired) electrons. The molecule has 1 aromatic carbocycles. The number of benzene rings is 1. The maximum atomic E-state index is 13.4. The summed E-state index contributed by atoms with van der Waals surface area (Å²) in [5.41, 5.74) is 0.333. The van der Waals surface area contributed by atoms with E-state index in [1.165, 1.54) is 24.6 Å². The first-order valence-corrected chi connectivity index (χ1v) is 8.34. The maximum absolute atomic E-state index is 13.4. The van der Waals surface area contributed by atoms with Gasteiger partial charge in [-0.25, -0.2) is 4.39 Å². The van der Waals surface area contributed by atoms with Crippen LogP contribution in [0.5, 0.6) is 0 Å². The average Bonchev–Trinajstić information content (AvgIpc) is 2.56. The highest BCUT2D eigenvalue weighted by molar-refractivity contribution is 5.94. The van der Waals surface area contributed by atoms with Gasteiger partial charge in [-0.15, -0.1) is 0 Å². The van der Waals surface area contributed by atoms with Crippen LogP contribution in [0, 0.1) is 5.82 Å². The number of hydrogen-bond donors (Lipinski definition) is 0. The zero-order valence-corrected chi connectivity index (χ0v) is 13.6. The summed E-state index contributed by atoms with van der Waals surface area (Å²) in [7, 11) is 0. The van der Waals surface area contributed by atoms with E-state index in [1.807, 2.05) is 0 Å². The lowest BCUT2D eigenvalue weighted by atomic mass is 9.93. The van der Waals surface area contributed by atoms with Crippen molar-refractivity contribution in [2.75, 3.05) is 13.2 Å². The van der Waals surface area contributed by atoms with Gasteiger partial charge in [0.25, 0.3) is 5.91 Å². The van der Waals surface area contributed by atoms with Crippen molar-refractivity contribution in [3.05, 3.63) is 35.6 Å². The van der Waals surface area contributed by atoms with E-state index >= 15 is 0 Å². The molecular formula is C18H24FNO3. The van der Waals surface area contributed by atoms with Crippen molar-refractivity contribution in [2.24, 2.45) is 0 Å². The molecule has 4 nitrogen and oxygen atoms in total. The molecule has 0 spiro atoms. The Morgan fingerprint density at radius 1 is 1.26 bits per heavy atom. The minimum Gasteiger partial charge on any atom is -0.466 e. The van der Waals surface area contributed by atoms with Crippen LogP contribution >= 0.6 is 0 Å². The summed E-state index contributed by atoms with van der Waals surface area (Å²) in [6, 6.07) is 5.84. The van der Waals surface area contributed by atoms with E-state index in [0.29, 0.717) is 18.7 Å². The van der Waals surface area contributed by atoms with Crippen LogP contribution in [0.2, 0.25) is 0 Å². The largest absolute Gasteiger partial charge is 0.466 e. The van der Waals surface area contributed by atoms with Gasteiger partial charge in [0.15, 0.2) is 0 Å². The molecular weight excluding hydrogens is 297 g/mol. The molecule has 1 saturated carbocycles. The van der Waals surface area contributed by atoms with Crippen molar-refractivity contribution in [1.82, 2.24) is 4.90 Å². The lowest BCUT2D eigenvalue weighted by Gasteiger charge is -2.34. The van der Waals surface area contributed by atoms with E-state index in [2.05, 4.69) is 0 Å². The van der Waals surface area contributed by atoms with Crippen LogP contribution in [0.3, 0.4) is 0 Å². The van der Waals surface area contributed by atoms with Gasteiger partial charge in [-0.05, 0) is 38.0 Å². The van der Waals surface area contributed by atoms with E-state index < -0.39 is 5.82 Å². The molecule has 1 aliphatic rings. The van der Waals surface area contributed by atoms with Crippen LogP contribution in [-0.4, -0.2) is 36.0 Å². The zero-order chi connectivity index (χ0) is 16.7. The third-order valence-corrected chi connectivity index (χ3v) is 4.21. The maximum Gasteiger partial charge on any atom is 0.307 e. The van der Waals surface area contributed by atoms with Crippen LogP contribution in [-0.2, 0) is 9.53 Å². The van der Waals surface area contributed by atoms with Crippen molar-refractivity contribution in [1.29, 1.82) is 0 Å². The molecule has 1 fully saturated rings. The number of ether oxygens (including phenoxy) is 1. The molecule has 1 aliphatic carbocycles. The predicted octanol–water partition coefficient (Wildman–Crippen LogP) is 3.55. The fraction of sp³-hybridized carbons (Fsp3) is 0.556. The molecule has 1 aromatic rings. The quantitative estimate of drug-likeness (QED) is 0.753. The number of carbonyl (C=O) groups excluding carboxylic acids is 2. The minimum atomic E-state index is -0.426.